The maximum Gasteiger partial charge on any atom is 0.187 e. The maximum atomic E-state index is 14.5. The normalized spacial score (nSPS) is 14.1. The van der Waals surface area contributed by atoms with Gasteiger partial charge in [-0.3, -0.25) is 9.78 Å². The van der Waals surface area contributed by atoms with Crippen LogP contribution < -0.4 is 5.73 Å². The van der Waals surface area contributed by atoms with Gasteiger partial charge >= 0.3 is 0 Å². The van der Waals surface area contributed by atoms with Crippen molar-refractivity contribution in [1.29, 1.82) is 5.26 Å². The number of nitriles is 1. The van der Waals surface area contributed by atoms with Crippen LogP contribution in [0.3, 0.4) is 0 Å². The SMILES string of the molecule is Cc1cnc(C(=O)Cc2ccc(F)c([C@@](C)(N)CS(=O)(=O)C(C)(C)C#N)c2)cn1. The lowest BCUT2D eigenvalue weighted by Crippen LogP contribution is -2.46. The van der Waals surface area contributed by atoms with Gasteiger partial charge in [0, 0.05) is 18.2 Å². The highest BCUT2D eigenvalue weighted by Crippen LogP contribution is 2.28. The van der Waals surface area contributed by atoms with Gasteiger partial charge in [-0.2, -0.15) is 5.26 Å². The van der Waals surface area contributed by atoms with E-state index >= 15 is 0 Å². The van der Waals surface area contributed by atoms with E-state index in [1.54, 1.807) is 13.0 Å². The lowest BCUT2D eigenvalue weighted by atomic mass is 9.92. The molecule has 0 saturated heterocycles. The molecule has 154 valence electrons. The number of nitrogens with two attached hydrogens (primary N) is 1. The minimum atomic E-state index is -3.95. The molecule has 0 saturated carbocycles. The summed E-state index contributed by atoms with van der Waals surface area (Å²) in [6.07, 6.45) is 2.77. The van der Waals surface area contributed by atoms with E-state index in [-0.39, 0.29) is 23.5 Å². The number of hydrogen-bond acceptors (Lipinski definition) is 7. The summed E-state index contributed by atoms with van der Waals surface area (Å²) in [6.45, 7) is 5.67. The molecule has 0 unspecified atom stereocenters. The molecule has 0 radical (unpaired) electrons. The summed E-state index contributed by atoms with van der Waals surface area (Å²) in [5.74, 6) is -1.63. The summed E-state index contributed by atoms with van der Waals surface area (Å²) >= 11 is 0. The van der Waals surface area contributed by atoms with Crippen molar-refractivity contribution >= 4 is 15.6 Å². The van der Waals surface area contributed by atoms with E-state index in [0.29, 0.717) is 11.3 Å². The first-order chi connectivity index (χ1) is 13.3. The second kappa shape index (κ2) is 7.97. The lowest BCUT2D eigenvalue weighted by Gasteiger charge is -2.29. The molecule has 0 spiro atoms. The Hall–Kier alpha value is -2.70. The highest BCUT2D eigenvalue weighted by atomic mass is 32.2. The lowest BCUT2D eigenvalue weighted by molar-refractivity contribution is 0.0987. The van der Waals surface area contributed by atoms with E-state index in [4.69, 9.17) is 11.0 Å². The number of nitrogens with zero attached hydrogens (tertiary/aromatic N) is 3. The Balaban J connectivity index is 2.33. The van der Waals surface area contributed by atoms with E-state index < -0.39 is 31.7 Å². The third-order valence-corrected chi connectivity index (χ3v) is 7.24. The molecule has 1 atom stereocenters. The van der Waals surface area contributed by atoms with Crippen LogP contribution >= 0.6 is 0 Å². The molecule has 0 aliphatic heterocycles. The third-order valence-electron chi connectivity index (χ3n) is 4.61. The van der Waals surface area contributed by atoms with Crippen molar-refractivity contribution in [3.05, 3.63) is 58.9 Å². The van der Waals surface area contributed by atoms with Gasteiger partial charge in [0.2, 0.25) is 0 Å². The molecule has 2 N–H and O–H groups in total. The number of carbonyl (C=O) groups is 1. The first-order valence-electron chi connectivity index (χ1n) is 8.82. The van der Waals surface area contributed by atoms with E-state index in [2.05, 4.69) is 9.97 Å². The summed E-state index contributed by atoms with van der Waals surface area (Å²) in [5, 5.41) is 9.13. The summed E-state index contributed by atoms with van der Waals surface area (Å²) in [6, 6.07) is 5.69. The van der Waals surface area contributed by atoms with E-state index in [1.165, 1.54) is 45.3 Å². The first-order valence-corrected chi connectivity index (χ1v) is 10.5. The monoisotopic (exact) mass is 418 g/mol. The van der Waals surface area contributed by atoms with Gasteiger partial charge in [-0.05, 0) is 39.3 Å². The number of sulfone groups is 1. The van der Waals surface area contributed by atoms with Crippen LogP contribution in [-0.4, -0.2) is 34.7 Å². The van der Waals surface area contributed by atoms with Crippen LogP contribution in [0.15, 0.2) is 30.6 Å². The quantitative estimate of drug-likeness (QED) is 0.683. The van der Waals surface area contributed by atoms with E-state index in [1.807, 2.05) is 0 Å². The Morgan fingerprint density at radius 3 is 2.45 bits per heavy atom. The molecule has 0 amide bonds. The van der Waals surface area contributed by atoms with Crippen LogP contribution in [0, 0.1) is 24.1 Å². The highest BCUT2D eigenvalue weighted by molar-refractivity contribution is 7.93. The number of benzene rings is 1. The van der Waals surface area contributed by atoms with Crippen LogP contribution in [0.25, 0.3) is 0 Å². The van der Waals surface area contributed by atoms with Crippen molar-refractivity contribution in [3.63, 3.8) is 0 Å². The zero-order valence-electron chi connectivity index (χ0n) is 16.7. The van der Waals surface area contributed by atoms with Crippen molar-refractivity contribution in [2.24, 2.45) is 5.73 Å². The standard InChI is InChI=1S/C20H23FN4O3S/c1-13-9-25-17(10-24-13)18(26)8-14-5-6-16(21)15(7-14)20(4,23)12-29(27,28)19(2,3)11-22/h5-7,9-10H,8,12,23H2,1-4H3/t20-/m0/s1. The van der Waals surface area contributed by atoms with Gasteiger partial charge in [0.1, 0.15) is 11.5 Å². The topological polar surface area (TPSA) is 127 Å². The van der Waals surface area contributed by atoms with Crippen LogP contribution in [0.1, 0.15) is 48.1 Å². The second-order valence-corrected chi connectivity index (χ2v) is 10.3. The number of aromatic nitrogens is 2. The Labute approximate surface area is 169 Å². The van der Waals surface area contributed by atoms with Gasteiger partial charge < -0.3 is 5.73 Å². The maximum absolute atomic E-state index is 14.5. The van der Waals surface area contributed by atoms with Gasteiger partial charge in [-0.25, -0.2) is 17.8 Å². The Morgan fingerprint density at radius 1 is 1.24 bits per heavy atom. The average molecular weight is 418 g/mol. The number of ketones is 1. The molecule has 29 heavy (non-hydrogen) atoms. The molecule has 0 aliphatic rings. The first kappa shape index (κ1) is 22.6. The van der Waals surface area contributed by atoms with Crippen LogP contribution in [-0.2, 0) is 21.8 Å². The molecule has 1 aromatic heterocycles. The predicted octanol–water partition coefficient (Wildman–Crippen LogP) is 2.24. The van der Waals surface area contributed by atoms with E-state index in [9.17, 15) is 17.6 Å². The molecular formula is C20H23FN4O3S. The summed E-state index contributed by atoms with van der Waals surface area (Å²) in [7, 11) is -3.95. The number of carbonyl (C=O) groups excluding carboxylic acids is 1. The summed E-state index contributed by atoms with van der Waals surface area (Å²) in [4.78, 5) is 20.5. The van der Waals surface area contributed by atoms with Crippen molar-refractivity contribution in [2.75, 3.05) is 5.75 Å². The molecule has 2 rings (SSSR count). The van der Waals surface area contributed by atoms with Gasteiger partial charge in [-0.1, -0.05) is 12.1 Å². The third kappa shape index (κ3) is 5.02. The number of halogens is 1. The van der Waals surface area contributed by atoms with Gasteiger partial charge in [0.05, 0.1) is 29.3 Å². The molecular weight excluding hydrogens is 395 g/mol. The molecule has 0 bridgehead atoms. The number of Topliss-reactive ketones (excluding diaryl/α,β-unsaturated/α-hetero) is 1. The summed E-state index contributed by atoms with van der Waals surface area (Å²) < 4.78 is 37.9. The Kier molecular flexibility index (Phi) is 6.21. The minimum Gasteiger partial charge on any atom is -0.321 e. The van der Waals surface area contributed by atoms with Crippen molar-refractivity contribution in [3.8, 4) is 6.07 Å². The van der Waals surface area contributed by atoms with Gasteiger partial charge in [0.15, 0.2) is 20.4 Å². The highest BCUT2D eigenvalue weighted by Gasteiger charge is 2.40. The van der Waals surface area contributed by atoms with Crippen LogP contribution in [0.2, 0.25) is 0 Å². The average Bonchev–Trinajstić information content (AvgIpc) is 2.62. The molecule has 0 aliphatic carbocycles. The Morgan fingerprint density at radius 2 is 1.90 bits per heavy atom. The van der Waals surface area contributed by atoms with E-state index in [0.717, 1.165) is 6.07 Å². The fourth-order valence-corrected chi connectivity index (χ4v) is 4.10. The van der Waals surface area contributed by atoms with Crippen molar-refractivity contribution in [2.45, 2.75) is 44.4 Å². The number of hydrogen-bond donors (Lipinski definition) is 1. The smallest absolute Gasteiger partial charge is 0.187 e. The van der Waals surface area contributed by atoms with Crippen LogP contribution in [0.4, 0.5) is 4.39 Å². The molecule has 9 heteroatoms. The largest absolute Gasteiger partial charge is 0.321 e. The number of aryl methyl sites for hydroxylation is 1. The molecule has 1 heterocycles. The fraction of sp³-hybridized carbons (Fsp3) is 0.400. The Bertz CT molecular complexity index is 1070. The summed E-state index contributed by atoms with van der Waals surface area (Å²) in [5.41, 5.74) is 5.83. The zero-order valence-corrected chi connectivity index (χ0v) is 17.5. The zero-order chi connectivity index (χ0) is 22.0. The number of rotatable bonds is 7. The fourth-order valence-electron chi connectivity index (χ4n) is 2.66. The molecule has 0 fully saturated rings. The molecule has 7 nitrogen and oxygen atoms in total. The minimum absolute atomic E-state index is 0.0462. The van der Waals surface area contributed by atoms with Crippen LogP contribution in [0.5, 0.6) is 0 Å². The van der Waals surface area contributed by atoms with Crippen molar-refractivity contribution < 1.29 is 17.6 Å². The van der Waals surface area contributed by atoms with Gasteiger partial charge in [-0.15, -0.1) is 0 Å². The molecule has 1 aromatic carbocycles. The van der Waals surface area contributed by atoms with Gasteiger partial charge in [0.25, 0.3) is 0 Å². The van der Waals surface area contributed by atoms with Crippen molar-refractivity contribution in [1.82, 2.24) is 9.97 Å². The second-order valence-electron chi connectivity index (χ2n) is 7.76. The predicted molar refractivity (Wildman–Crippen MR) is 106 cm³/mol. The molecule has 2 aromatic rings.